The molecule has 8 nitrogen and oxygen atoms in total. The molecule has 1 aromatic heterocycles. The summed E-state index contributed by atoms with van der Waals surface area (Å²) in [5.41, 5.74) is 5.19. The molecule has 2 N–H and O–H groups in total. The Morgan fingerprint density at radius 1 is 1.14 bits per heavy atom. The van der Waals surface area contributed by atoms with Crippen molar-refractivity contribution in [2.45, 2.75) is 38.3 Å². The van der Waals surface area contributed by atoms with Crippen molar-refractivity contribution in [1.82, 2.24) is 14.7 Å². The smallest absolute Gasteiger partial charge is 0.274 e. The number of likely N-dealkylation sites (tertiary alicyclic amines) is 1. The van der Waals surface area contributed by atoms with Crippen LogP contribution in [0.25, 0.3) is 0 Å². The van der Waals surface area contributed by atoms with E-state index < -0.39 is 5.91 Å². The fourth-order valence-corrected chi connectivity index (χ4v) is 3.35. The summed E-state index contributed by atoms with van der Waals surface area (Å²) in [5, 5.41) is 4.21. The van der Waals surface area contributed by atoms with Gasteiger partial charge in [-0.05, 0) is 37.5 Å². The fourth-order valence-electron chi connectivity index (χ4n) is 3.35. The lowest BCUT2D eigenvalue weighted by Crippen LogP contribution is -2.46. The number of carbonyl (C=O) groups excluding carboxylic acids is 2. The first-order chi connectivity index (χ1) is 13.5. The summed E-state index contributed by atoms with van der Waals surface area (Å²) in [5.74, 6) is -0.0187. The number of aromatic nitrogens is 2. The van der Waals surface area contributed by atoms with E-state index in [2.05, 4.69) is 5.10 Å². The van der Waals surface area contributed by atoms with E-state index in [1.165, 1.54) is 16.8 Å². The van der Waals surface area contributed by atoms with Gasteiger partial charge in [0.25, 0.3) is 11.5 Å². The SMILES string of the molecule is NC(=O)C[C@@H]1CCCCN1C(=O)c1ccc(=O)n(CCOc2ccccc2)n1. The van der Waals surface area contributed by atoms with Gasteiger partial charge in [0, 0.05) is 25.1 Å². The van der Waals surface area contributed by atoms with E-state index in [0.717, 1.165) is 19.3 Å². The van der Waals surface area contributed by atoms with E-state index >= 15 is 0 Å². The van der Waals surface area contributed by atoms with Gasteiger partial charge in [-0.1, -0.05) is 18.2 Å². The highest BCUT2D eigenvalue weighted by molar-refractivity contribution is 5.92. The predicted molar refractivity (Wildman–Crippen MR) is 103 cm³/mol. The molecular weight excluding hydrogens is 360 g/mol. The Kier molecular flexibility index (Phi) is 6.41. The first kappa shape index (κ1) is 19.6. The zero-order valence-corrected chi connectivity index (χ0v) is 15.6. The van der Waals surface area contributed by atoms with E-state index in [1.807, 2.05) is 30.3 Å². The van der Waals surface area contributed by atoms with Gasteiger partial charge < -0.3 is 15.4 Å². The summed E-state index contributed by atoms with van der Waals surface area (Å²) in [6.45, 7) is 1.02. The van der Waals surface area contributed by atoms with Crippen LogP contribution in [0.4, 0.5) is 0 Å². The van der Waals surface area contributed by atoms with Crippen molar-refractivity contribution in [3.63, 3.8) is 0 Å². The summed E-state index contributed by atoms with van der Waals surface area (Å²) in [4.78, 5) is 38.0. The third-order valence-electron chi connectivity index (χ3n) is 4.73. The molecule has 0 radical (unpaired) electrons. The minimum absolute atomic E-state index is 0.135. The molecule has 0 spiro atoms. The number of hydrogen-bond acceptors (Lipinski definition) is 5. The molecule has 28 heavy (non-hydrogen) atoms. The molecule has 8 heteroatoms. The van der Waals surface area contributed by atoms with Crippen LogP contribution in [0.3, 0.4) is 0 Å². The normalized spacial score (nSPS) is 16.6. The van der Waals surface area contributed by atoms with Crippen LogP contribution >= 0.6 is 0 Å². The van der Waals surface area contributed by atoms with Crippen LogP contribution < -0.4 is 16.0 Å². The molecule has 0 unspecified atom stereocenters. The van der Waals surface area contributed by atoms with Crippen molar-refractivity contribution < 1.29 is 14.3 Å². The van der Waals surface area contributed by atoms with Crippen LogP contribution in [0.5, 0.6) is 5.75 Å². The average molecular weight is 384 g/mol. The minimum atomic E-state index is -0.430. The quantitative estimate of drug-likeness (QED) is 0.772. The zero-order valence-electron chi connectivity index (χ0n) is 15.6. The Morgan fingerprint density at radius 2 is 1.93 bits per heavy atom. The lowest BCUT2D eigenvalue weighted by atomic mass is 9.98. The van der Waals surface area contributed by atoms with Gasteiger partial charge >= 0.3 is 0 Å². The third kappa shape index (κ3) is 4.97. The van der Waals surface area contributed by atoms with Crippen LogP contribution in [0.2, 0.25) is 0 Å². The third-order valence-corrected chi connectivity index (χ3v) is 4.73. The van der Waals surface area contributed by atoms with Crippen LogP contribution in [0.1, 0.15) is 36.2 Å². The Bertz CT molecular complexity index is 881. The first-order valence-electron chi connectivity index (χ1n) is 9.40. The van der Waals surface area contributed by atoms with Crippen molar-refractivity contribution in [2.24, 2.45) is 5.73 Å². The highest BCUT2D eigenvalue weighted by atomic mass is 16.5. The van der Waals surface area contributed by atoms with Gasteiger partial charge in [0.2, 0.25) is 5.91 Å². The molecule has 1 aliphatic rings. The summed E-state index contributed by atoms with van der Waals surface area (Å²) >= 11 is 0. The molecule has 0 bridgehead atoms. The van der Waals surface area contributed by atoms with Crippen molar-refractivity contribution in [1.29, 1.82) is 0 Å². The number of benzene rings is 1. The number of rotatable bonds is 7. The van der Waals surface area contributed by atoms with E-state index in [1.54, 1.807) is 4.90 Å². The number of ether oxygens (including phenoxy) is 1. The van der Waals surface area contributed by atoms with Gasteiger partial charge in [-0.3, -0.25) is 14.4 Å². The number of piperidine rings is 1. The number of amides is 2. The molecule has 1 atom stereocenters. The van der Waals surface area contributed by atoms with Crippen molar-refractivity contribution in [3.05, 3.63) is 58.5 Å². The maximum Gasteiger partial charge on any atom is 0.274 e. The second-order valence-corrected chi connectivity index (χ2v) is 6.76. The van der Waals surface area contributed by atoms with Crippen LogP contribution in [-0.2, 0) is 11.3 Å². The molecule has 2 heterocycles. The second kappa shape index (κ2) is 9.16. The Balaban J connectivity index is 1.69. The Hall–Kier alpha value is -3.16. The average Bonchev–Trinajstić information content (AvgIpc) is 2.70. The summed E-state index contributed by atoms with van der Waals surface area (Å²) in [6, 6.07) is 11.8. The molecule has 3 rings (SSSR count). The van der Waals surface area contributed by atoms with Crippen molar-refractivity contribution in [2.75, 3.05) is 13.2 Å². The maximum absolute atomic E-state index is 12.9. The van der Waals surface area contributed by atoms with E-state index in [0.29, 0.717) is 12.3 Å². The van der Waals surface area contributed by atoms with Gasteiger partial charge in [0.15, 0.2) is 0 Å². The maximum atomic E-state index is 12.9. The monoisotopic (exact) mass is 384 g/mol. The van der Waals surface area contributed by atoms with Gasteiger partial charge in [-0.15, -0.1) is 0 Å². The zero-order chi connectivity index (χ0) is 19.9. The highest BCUT2D eigenvalue weighted by Crippen LogP contribution is 2.21. The van der Waals surface area contributed by atoms with Crippen molar-refractivity contribution in [3.8, 4) is 5.75 Å². The number of carbonyl (C=O) groups is 2. The number of primary amides is 1. The number of nitrogens with two attached hydrogens (primary N) is 1. The predicted octanol–water partition coefficient (Wildman–Crippen LogP) is 1.19. The molecule has 0 saturated carbocycles. The molecule has 1 aromatic carbocycles. The van der Waals surface area contributed by atoms with E-state index in [9.17, 15) is 14.4 Å². The molecule has 148 valence electrons. The van der Waals surface area contributed by atoms with Gasteiger partial charge in [-0.25, -0.2) is 4.68 Å². The first-order valence-corrected chi connectivity index (χ1v) is 9.40. The number of para-hydroxylation sites is 1. The fraction of sp³-hybridized carbons (Fsp3) is 0.400. The van der Waals surface area contributed by atoms with Crippen LogP contribution in [0.15, 0.2) is 47.3 Å². The van der Waals surface area contributed by atoms with Gasteiger partial charge in [0.05, 0.1) is 6.54 Å². The van der Waals surface area contributed by atoms with Gasteiger partial charge in [0.1, 0.15) is 18.1 Å². The van der Waals surface area contributed by atoms with Crippen LogP contribution in [0, 0.1) is 0 Å². The van der Waals surface area contributed by atoms with Crippen molar-refractivity contribution >= 4 is 11.8 Å². The molecule has 1 fully saturated rings. The Morgan fingerprint density at radius 3 is 2.68 bits per heavy atom. The largest absolute Gasteiger partial charge is 0.492 e. The molecule has 0 aliphatic carbocycles. The van der Waals surface area contributed by atoms with E-state index in [4.69, 9.17) is 10.5 Å². The Labute approximate surface area is 162 Å². The molecule has 1 aliphatic heterocycles. The minimum Gasteiger partial charge on any atom is -0.492 e. The summed E-state index contributed by atoms with van der Waals surface area (Å²) < 4.78 is 6.82. The molecule has 2 aromatic rings. The molecule has 1 saturated heterocycles. The summed E-state index contributed by atoms with van der Waals surface area (Å²) in [6.07, 6.45) is 2.69. The highest BCUT2D eigenvalue weighted by Gasteiger charge is 2.29. The number of hydrogen-bond donors (Lipinski definition) is 1. The number of nitrogens with zero attached hydrogens (tertiary/aromatic N) is 3. The lowest BCUT2D eigenvalue weighted by Gasteiger charge is -2.35. The standard InChI is InChI=1S/C20H24N4O4/c21-18(25)14-15-6-4-5-11-23(15)20(27)17-9-10-19(26)24(22-17)12-13-28-16-7-2-1-3-8-16/h1-3,7-10,15H,4-6,11-14H2,(H2,21,25)/t15-/m0/s1. The lowest BCUT2D eigenvalue weighted by molar-refractivity contribution is -0.119. The van der Waals surface area contributed by atoms with Gasteiger partial charge in [-0.2, -0.15) is 5.10 Å². The molecular formula is C20H24N4O4. The second-order valence-electron chi connectivity index (χ2n) is 6.76. The molecule has 2 amide bonds. The van der Waals surface area contributed by atoms with E-state index in [-0.39, 0.29) is 42.8 Å². The topological polar surface area (TPSA) is 108 Å². The summed E-state index contributed by atoms with van der Waals surface area (Å²) in [7, 11) is 0. The van der Waals surface area contributed by atoms with Crippen LogP contribution in [-0.4, -0.2) is 45.7 Å².